The van der Waals surface area contributed by atoms with Crippen LogP contribution in [-0.2, 0) is 4.79 Å². The Bertz CT molecular complexity index is 1130. The number of aryl methyl sites for hydroxylation is 1. The number of benzene rings is 1. The van der Waals surface area contributed by atoms with E-state index in [9.17, 15) is 22.4 Å². The largest absolute Gasteiger partial charge is 0.490 e. The molecule has 0 aliphatic carbocycles. The molecule has 5 N–H and O–H groups in total. The van der Waals surface area contributed by atoms with E-state index in [1.54, 1.807) is 42.1 Å². The van der Waals surface area contributed by atoms with Crippen LogP contribution in [0.1, 0.15) is 15.9 Å². The fraction of sp³-hybridized carbons (Fsp3) is 0.111. The van der Waals surface area contributed by atoms with Crippen LogP contribution in [0.15, 0.2) is 47.8 Å². The summed E-state index contributed by atoms with van der Waals surface area (Å²) in [6.45, 7) is 1.77. The van der Waals surface area contributed by atoms with E-state index in [0.29, 0.717) is 22.2 Å². The minimum absolute atomic E-state index is 0.272. The maximum atomic E-state index is 13.9. The van der Waals surface area contributed by atoms with Gasteiger partial charge in [0.1, 0.15) is 11.3 Å². The zero-order chi connectivity index (χ0) is 22.6. The zero-order valence-corrected chi connectivity index (χ0v) is 15.3. The van der Waals surface area contributed by atoms with Crippen molar-refractivity contribution in [3.8, 4) is 5.69 Å². The monoisotopic (exact) mass is 425 g/mol. The van der Waals surface area contributed by atoms with Gasteiger partial charge in [-0.3, -0.25) is 9.78 Å². The van der Waals surface area contributed by atoms with Gasteiger partial charge in [0.05, 0.1) is 11.3 Å². The number of hydrogen-bond donors (Lipinski definition) is 3. The molecule has 0 fully saturated rings. The van der Waals surface area contributed by atoms with E-state index in [1.165, 1.54) is 12.3 Å². The van der Waals surface area contributed by atoms with Crippen LogP contribution in [0.2, 0.25) is 0 Å². The molecule has 0 saturated heterocycles. The fourth-order valence-electron chi connectivity index (χ4n) is 2.45. The lowest BCUT2D eigenvalue weighted by Crippen LogP contribution is -2.24. The Kier molecular flexibility index (Phi) is 6.40. The Labute approximate surface area is 166 Å². The van der Waals surface area contributed by atoms with Crippen molar-refractivity contribution in [2.24, 2.45) is 16.5 Å². The van der Waals surface area contributed by atoms with Crippen molar-refractivity contribution in [3.05, 3.63) is 59.8 Å². The highest BCUT2D eigenvalue weighted by Crippen LogP contribution is 2.24. The van der Waals surface area contributed by atoms with Crippen LogP contribution in [0.4, 0.5) is 17.6 Å². The molecule has 30 heavy (non-hydrogen) atoms. The molecule has 2 heterocycles. The van der Waals surface area contributed by atoms with Crippen LogP contribution in [0, 0.1) is 12.7 Å². The van der Waals surface area contributed by atoms with Crippen molar-refractivity contribution in [1.29, 1.82) is 0 Å². The quantitative estimate of drug-likeness (QED) is 0.328. The second kappa shape index (κ2) is 8.59. The topological polar surface area (TPSA) is 137 Å². The van der Waals surface area contributed by atoms with Crippen LogP contribution in [0.5, 0.6) is 0 Å². The maximum Gasteiger partial charge on any atom is 0.490 e. The summed E-state index contributed by atoms with van der Waals surface area (Å²) in [5.74, 6) is -3.97. The average Bonchev–Trinajstić information content (AvgIpc) is 3.02. The molecule has 0 spiro atoms. The van der Waals surface area contributed by atoms with Crippen LogP contribution in [0.25, 0.3) is 16.6 Å². The lowest BCUT2D eigenvalue weighted by Gasteiger charge is -2.07. The number of carbonyl (C=O) groups is 2. The summed E-state index contributed by atoms with van der Waals surface area (Å²) >= 11 is 0. The van der Waals surface area contributed by atoms with E-state index < -0.39 is 23.9 Å². The number of rotatable bonds is 2. The number of aromatic nitrogens is 2. The highest BCUT2D eigenvalue weighted by Gasteiger charge is 2.38. The lowest BCUT2D eigenvalue weighted by molar-refractivity contribution is -0.192. The molecule has 8 nitrogen and oxygen atoms in total. The number of carboxylic acid groups (broad SMARTS) is 1. The number of alkyl halides is 3. The molecule has 1 aromatic carbocycles. The molecular weight excluding hydrogens is 410 g/mol. The number of halogens is 4. The van der Waals surface area contributed by atoms with Crippen LogP contribution < -0.4 is 11.5 Å². The van der Waals surface area contributed by atoms with Gasteiger partial charge >= 0.3 is 12.1 Å². The molecule has 0 radical (unpaired) electrons. The molecule has 0 aliphatic heterocycles. The Morgan fingerprint density at radius 2 is 1.80 bits per heavy atom. The molecule has 0 saturated carbocycles. The van der Waals surface area contributed by atoms with Crippen LogP contribution >= 0.6 is 0 Å². The molecule has 3 aromatic rings. The van der Waals surface area contributed by atoms with Crippen molar-refractivity contribution < 1.29 is 32.3 Å². The van der Waals surface area contributed by atoms with E-state index in [2.05, 4.69) is 9.98 Å². The number of nitrogens with zero attached hydrogens (tertiary/aromatic N) is 3. The summed E-state index contributed by atoms with van der Waals surface area (Å²) in [4.78, 5) is 28.5. The van der Waals surface area contributed by atoms with Crippen LogP contribution in [0.3, 0.4) is 0 Å². The van der Waals surface area contributed by atoms with Crippen molar-refractivity contribution in [1.82, 2.24) is 9.55 Å². The van der Waals surface area contributed by atoms with Gasteiger partial charge in [-0.15, -0.1) is 0 Å². The van der Waals surface area contributed by atoms with Gasteiger partial charge in [0, 0.05) is 24.0 Å². The summed E-state index contributed by atoms with van der Waals surface area (Å²) in [7, 11) is 0. The first kappa shape index (κ1) is 22.3. The standard InChI is InChI=1S/C16H14FN5O.C2HF3O2/c1-9-7-22(8-11(9)15(23)21-16(18)19)13-5-6-20-14-10(13)3-2-4-12(14)17;3-2(4,5)1(6)7/h2-8H,1H3,(H4,18,19,21,23);(H,6,7). The predicted octanol–water partition coefficient (Wildman–Crippen LogP) is 2.52. The number of pyridine rings is 1. The molecule has 0 unspecified atom stereocenters. The first-order valence-electron chi connectivity index (χ1n) is 8.08. The summed E-state index contributed by atoms with van der Waals surface area (Å²) in [5, 5.41) is 7.77. The van der Waals surface area contributed by atoms with E-state index in [1.807, 2.05) is 0 Å². The molecule has 2 aromatic heterocycles. The molecule has 1 amide bonds. The van der Waals surface area contributed by atoms with Gasteiger partial charge in [0.15, 0.2) is 5.96 Å². The highest BCUT2D eigenvalue weighted by molar-refractivity contribution is 6.03. The van der Waals surface area contributed by atoms with E-state index in [4.69, 9.17) is 21.4 Å². The average molecular weight is 425 g/mol. The number of carboxylic acids is 1. The van der Waals surface area contributed by atoms with Gasteiger partial charge in [0.2, 0.25) is 0 Å². The molecular formula is C18H15F4N5O3. The minimum atomic E-state index is -5.08. The number of aliphatic carboxylic acids is 1. The van der Waals surface area contributed by atoms with Crippen molar-refractivity contribution in [3.63, 3.8) is 0 Å². The number of hydrogen-bond acceptors (Lipinski definition) is 3. The number of fused-ring (bicyclic) bond motifs is 1. The Balaban J connectivity index is 0.000000396. The van der Waals surface area contributed by atoms with E-state index in [-0.39, 0.29) is 11.5 Å². The molecule has 0 atom stereocenters. The second-order valence-corrected chi connectivity index (χ2v) is 5.87. The molecule has 0 aliphatic rings. The Morgan fingerprint density at radius 1 is 1.17 bits per heavy atom. The van der Waals surface area contributed by atoms with E-state index in [0.717, 1.165) is 0 Å². The van der Waals surface area contributed by atoms with Gasteiger partial charge in [-0.05, 0) is 24.6 Å². The molecule has 0 bridgehead atoms. The van der Waals surface area contributed by atoms with Gasteiger partial charge in [-0.2, -0.15) is 18.2 Å². The first-order chi connectivity index (χ1) is 13.9. The zero-order valence-electron chi connectivity index (χ0n) is 15.3. The third-order valence-electron chi connectivity index (χ3n) is 3.71. The highest BCUT2D eigenvalue weighted by atomic mass is 19.4. The lowest BCUT2D eigenvalue weighted by atomic mass is 10.2. The number of nitrogens with two attached hydrogens (primary N) is 2. The number of amides is 1. The normalized spacial score (nSPS) is 10.8. The van der Waals surface area contributed by atoms with Crippen molar-refractivity contribution >= 4 is 28.7 Å². The molecule has 3 rings (SSSR count). The van der Waals surface area contributed by atoms with Gasteiger partial charge < -0.3 is 21.1 Å². The van der Waals surface area contributed by atoms with E-state index >= 15 is 0 Å². The summed E-state index contributed by atoms with van der Waals surface area (Å²) < 4.78 is 47.3. The number of guanidine groups is 1. The van der Waals surface area contributed by atoms with Gasteiger partial charge in [-0.1, -0.05) is 12.1 Å². The summed E-state index contributed by atoms with van der Waals surface area (Å²) in [5.41, 5.74) is 12.5. The maximum absolute atomic E-state index is 13.9. The Morgan fingerprint density at radius 3 is 2.37 bits per heavy atom. The van der Waals surface area contributed by atoms with Crippen molar-refractivity contribution in [2.45, 2.75) is 13.1 Å². The van der Waals surface area contributed by atoms with Crippen molar-refractivity contribution in [2.75, 3.05) is 0 Å². The number of aliphatic imine (C=N–C) groups is 1. The Hall–Kier alpha value is -3.96. The number of para-hydroxylation sites is 1. The third-order valence-corrected chi connectivity index (χ3v) is 3.71. The fourth-order valence-corrected chi connectivity index (χ4v) is 2.45. The summed E-state index contributed by atoms with van der Waals surface area (Å²) in [6, 6.07) is 6.49. The third kappa shape index (κ3) is 5.10. The molecule has 158 valence electrons. The second-order valence-electron chi connectivity index (χ2n) is 5.87. The van der Waals surface area contributed by atoms with Gasteiger partial charge in [-0.25, -0.2) is 9.18 Å². The first-order valence-corrected chi connectivity index (χ1v) is 8.08. The predicted molar refractivity (Wildman–Crippen MR) is 99.6 cm³/mol. The molecule has 12 heteroatoms. The number of carbonyl (C=O) groups excluding carboxylic acids is 1. The smallest absolute Gasteiger partial charge is 0.475 e. The summed E-state index contributed by atoms with van der Waals surface area (Å²) in [6.07, 6.45) is -0.188. The SMILES string of the molecule is Cc1cn(-c2ccnc3c(F)cccc23)cc1C(=O)N=C(N)N.O=C(O)C(F)(F)F. The minimum Gasteiger partial charge on any atom is -0.475 e. The van der Waals surface area contributed by atoms with Gasteiger partial charge in [0.25, 0.3) is 5.91 Å². The van der Waals surface area contributed by atoms with Crippen LogP contribution in [-0.4, -0.2) is 38.7 Å².